The normalized spacial score (nSPS) is 21.5. The molecule has 3 rings (SSSR count). The number of sulfonamides is 1. The molecule has 132 valence electrons. The quantitative estimate of drug-likeness (QED) is 0.783. The summed E-state index contributed by atoms with van der Waals surface area (Å²) in [6.07, 6.45) is 6.56. The van der Waals surface area contributed by atoms with Crippen LogP contribution in [0, 0.1) is 5.92 Å². The van der Waals surface area contributed by atoms with Gasteiger partial charge in [0.2, 0.25) is 10.0 Å². The number of piperidine rings is 1. The van der Waals surface area contributed by atoms with Gasteiger partial charge in [0, 0.05) is 13.1 Å². The zero-order chi connectivity index (χ0) is 17.0. The predicted octanol–water partition coefficient (Wildman–Crippen LogP) is 2.96. The monoisotopic (exact) mass is 351 g/mol. The van der Waals surface area contributed by atoms with E-state index in [1.807, 2.05) is 0 Å². The Kier molecular flexibility index (Phi) is 5.56. The summed E-state index contributed by atoms with van der Waals surface area (Å²) in [6.45, 7) is 0.753. The van der Waals surface area contributed by atoms with Gasteiger partial charge < -0.3 is 4.74 Å². The molecule has 6 heteroatoms. The number of carbonyl (C=O) groups is 1. The lowest BCUT2D eigenvalue weighted by Gasteiger charge is -2.31. The lowest BCUT2D eigenvalue weighted by Crippen LogP contribution is -2.41. The molecule has 0 N–H and O–H groups in total. The van der Waals surface area contributed by atoms with E-state index in [-0.39, 0.29) is 18.0 Å². The molecule has 0 radical (unpaired) electrons. The maximum atomic E-state index is 12.6. The van der Waals surface area contributed by atoms with Crippen molar-refractivity contribution >= 4 is 16.0 Å². The lowest BCUT2D eigenvalue weighted by atomic mass is 9.96. The first-order chi connectivity index (χ1) is 11.6. The molecule has 0 aromatic heterocycles. The second-order valence-electron chi connectivity index (χ2n) is 6.69. The predicted molar refractivity (Wildman–Crippen MR) is 90.9 cm³/mol. The van der Waals surface area contributed by atoms with E-state index >= 15 is 0 Å². The van der Waals surface area contributed by atoms with Crippen LogP contribution in [0.1, 0.15) is 44.9 Å². The van der Waals surface area contributed by atoms with Crippen LogP contribution in [0.25, 0.3) is 0 Å². The molecule has 0 amide bonds. The lowest BCUT2D eigenvalue weighted by molar-refractivity contribution is -0.156. The Morgan fingerprint density at radius 3 is 2.21 bits per heavy atom. The van der Waals surface area contributed by atoms with Gasteiger partial charge in [0.05, 0.1) is 10.8 Å². The molecule has 2 fully saturated rings. The molecule has 0 bridgehead atoms. The van der Waals surface area contributed by atoms with Gasteiger partial charge in [-0.1, -0.05) is 24.6 Å². The minimum absolute atomic E-state index is 0.0670. The summed E-state index contributed by atoms with van der Waals surface area (Å²) in [5.41, 5.74) is 0. The summed E-state index contributed by atoms with van der Waals surface area (Å²) >= 11 is 0. The van der Waals surface area contributed by atoms with E-state index < -0.39 is 10.0 Å². The minimum atomic E-state index is -3.46. The van der Waals surface area contributed by atoms with Crippen LogP contribution >= 0.6 is 0 Å². The van der Waals surface area contributed by atoms with Crippen molar-refractivity contribution in [3.05, 3.63) is 30.3 Å². The summed E-state index contributed by atoms with van der Waals surface area (Å²) in [4.78, 5) is 12.6. The third-order valence-electron chi connectivity index (χ3n) is 5.00. The van der Waals surface area contributed by atoms with Crippen LogP contribution in [0.5, 0.6) is 0 Å². The molecule has 1 heterocycles. The van der Waals surface area contributed by atoms with Gasteiger partial charge in [-0.2, -0.15) is 4.31 Å². The third-order valence-corrected chi connectivity index (χ3v) is 6.92. The summed E-state index contributed by atoms with van der Waals surface area (Å²) in [5, 5.41) is 0. The van der Waals surface area contributed by atoms with Gasteiger partial charge in [-0.15, -0.1) is 0 Å². The Morgan fingerprint density at radius 1 is 0.958 bits per heavy atom. The highest BCUT2D eigenvalue weighted by Crippen LogP contribution is 2.27. The number of hydrogen-bond acceptors (Lipinski definition) is 4. The van der Waals surface area contributed by atoms with Gasteiger partial charge in [0.15, 0.2) is 0 Å². The van der Waals surface area contributed by atoms with Crippen LogP contribution in [0.2, 0.25) is 0 Å². The maximum absolute atomic E-state index is 12.6. The number of benzene rings is 1. The van der Waals surface area contributed by atoms with E-state index in [1.165, 1.54) is 10.7 Å². The van der Waals surface area contributed by atoms with Gasteiger partial charge in [-0.3, -0.25) is 4.79 Å². The second kappa shape index (κ2) is 7.66. The molecule has 24 heavy (non-hydrogen) atoms. The van der Waals surface area contributed by atoms with Gasteiger partial charge in [0.1, 0.15) is 6.10 Å². The van der Waals surface area contributed by atoms with Gasteiger partial charge >= 0.3 is 5.97 Å². The van der Waals surface area contributed by atoms with E-state index in [4.69, 9.17) is 4.74 Å². The van der Waals surface area contributed by atoms with E-state index in [2.05, 4.69) is 0 Å². The first-order valence-electron chi connectivity index (χ1n) is 8.83. The van der Waals surface area contributed by atoms with Crippen molar-refractivity contribution in [1.29, 1.82) is 0 Å². The van der Waals surface area contributed by atoms with Crippen molar-refractivity contribution in [2.45, 2.75) is 55.9 Å². The molecule has 1 aromatic rings. The first kappa shape index (κ1) is 17.4. The van der Waals surface area contributed by atoms with Crippen molar-refractivity contribution in [3.63, 3.8) is 0 Å². The molecule has 1 saturated heterocycles. The van der Waals surface area contributed by atoms with Crippen molar-refractivity contribution < 1.29 is 17.9 Å². The van der Waals surface area contributed by atoms with E-state index in [0.29, 0.717) is 30.8 Å². The fraction of sp³-hybridized carbons (Fsp3) is 0.611. The molecular formula is C18H25NO4S. The fourth-order valence-corrected chi connectivity index (χ4v) is 5.01. The number of ether oxygens (including phenoxy) is 1. The number of esters is 1. The standard InChI is InChI=1S/C18H25NO4S/c20-18(23-16-7-3-1-4-8-16)15-11-13-19(14-12-15)24(21,22)17-9-5-2-6-10-17/h2,5-6,9-10,15-16H,1,3-4,7-8,11-14H2. The highest BCUT2D eigenvalue weighted by Gasteiger charge is 2.33. The minimum Gasteiger partial charge on any atom is -0.462 e. The molecule has 2 aliphatic rings. The van der Waals surface area contributed by atoms with Crippen molar-refractivity contribution in [1.82, 2.24) is 4.31 Å². The molecule has 1 saturated carbocycles. The largest absolute Gasteiger partial charge is 0.462 e. The number of nitrogens with zero attached hydrogens (tertiary/aromatic N) is 1. The van der Waals surface area contributed by atoms with Crippen LogP contribution < -0.4 is 0 Å². The summed E-state index contributed by atoms with van der Waals surface area (Å²) < 4.78 is 32.3. The Hall–Kier alpha value is -1.40. The highest BCUT2D eigenvalue weighted by atomic mass is 32.2. The SMILES string of the molecule is O=C(OC1CCCCC1)C1CCN(S(=O)(=O)c2ccccc2)CC1. The van der Waals surface area contributed by atoms with Crippen molar-refractivity contribution in [2.75, 3.05) is 13.1 Å². The molecule has 0 unspecified atom stereocenters. The van der Waals surface area contributed by atoms with Crippen LogP contribution in [-0.4, -0.2) is 37.9 Å². The third kappa shape index (κ3) is 3.98. The van der Waals surface area contributed by atoms with Crippen LogP contribution in [0.3, 0.4) is 0 Å². The summed E-state index contributed by atoms with van der Waals surface area (Å²) in [7, 11) is -3.46. The molecule has 1 aromatic carbocycles. The second-order valence-corrected chi connectivity index (χ2v) is 8.63. The van der Waals surface area contributed by atoms with Crippen molar-refractivity contribution in [3.8, 4) is 0 Å². The Bertz CT molecular complexity index is 645. The van der Waals surface area contributed by atoms with Crippen molar-refractivity contribution in [2.24, 2.45) is 5.92 Å². The number of carbonyl (C=O) groups excluding carboxylic acids is 1. The smallest absolute Gasteiger partial charge is 0.309 e. The van der Waals surface area contributed by atoms with Crippen LogP contribution in [0.15, 0.2) is 35.2 Å². The summed E-state index contributed by atoms with van der Waals surface area (Å²) in [6, 6.07) is 8.46. The maximum Gasteiger partial charge on any atom is 0.309 e. The Labute approximate surface area is 144 Å². The zero-order valence-electron chi connectivity index (χ0n) is 13.9. The van der Waals surface area contributed by atoms with Crippen LogP contribution in [0.4, 0.5) is 0 Å². The average Bonchev–Trinajstić information content (AvgIpc) is 2.63. The van der Waals surface area contributed by atoms with E-state index in [0.717, 1.165) is 25.7 Å². The van der Waals surface area contributed by atoms with Gasteiger partial charge in [-0.05, 0) is 50.7 Å². The zero-order valence-corrected chi connectivity index (χ0v) is 14.7. The fourth-order valence-electron chi connectivity index (χ4n) is 3.52. The number of rotatable bonds is 4. The molecule has 1 aliphatic carbocycles. The highest BCUT2D eigenvalue weighted by molar-refractivity contribution is 7.89. The Balaban J connectivity index is 1.54. The number of hydrogen-bond donors (Lipinski definition) is 0. The molecular weight excluding hydrogens is 326 g/mol. The molecule has 1 aliphatic heterocycles. The Morgan fingerprint density at radius 2 is 1.58 bits per heavy atom. The van der Waals surface area contributed by atoms with Gasteiger partial charge in [-0.25, -0.2) is 8.42 Å². The van der Waals surface area contributed by atoms with E-state index in [9.17, 15) is 13.2 Å². The summed E-state index contributed by atoms with van der Waals surface area (Å²) in [5.74, 6) is -0.312. The first-order valence-corrected chi connectivity index (χ1v) is 10.3. The van der Waals surface area contributed by atoms with Crippen LogP contribution in [-0.2, 0) is 19.6 Å². The molecule has 0 spiro atoms. The molecule has 0 atom stereocenters. The molecule has 5 nitrogen and oxygen atoms in total. The van der Waals surface area contributed by atoms with Gasteiger partial charge in [0.25, 0.3) is 0 Å². The average molecular weight is 351 g/mol. The van der Waals surface area contributed by atoms with E-state index in [1.54, 1.807) is 30.3 Å². The topological polar surface area (TPSA) is 63.7 Å².